The third-order valence-electron chi connectivity index (χ3n) is 5.68. The largest absolute Gasteiger partial charge is 0.496 e. The van der Waals surface area contributed by atoms with E-state index in [2.05, 4.69) is 38.3 Å². The summed E-state index contributed by atoms with van der Waals surface area (Å²) in [6.07, 6.45) is 1.01. The molecule has 1 heterocycles. The van der Waals surface area contributed by atoms with Gasteiger partial charge in [0.25, 0.3) is 0 Å². The molecule has 0 aromatic heterocycles. The SMILES string of the molecule is CN=C(NCCN1CCc2cc(OC)c(OC)cc2C1)N(C)Cc1ccccc1OC. The van der Waals surface area contributed by atoms with Crippen molar-refractivity contribution in [1.29, 1.82) is 0 Å². The molecule has 0 bridgehead atoms. The van der Waals surface area contributed by atoms with Gasteiger partial charge in [-0.15, -0.1) is 0 Å². The number of hydrogen-bond donors (Lipinski definition) is 1. The summed E-state index contributed by atoms with van der Waals surface area (Å²) >= 11 is 0. The topological polar surface area (TPSA) is 58.6 Å². The Morgan fingerprint density at radius 2 is 1.71 bits per heavy atom. The zero-order chi connectivity index (χ0) is 22.2. The van der Waals surface area contributed by atoms with Crippen LogP contribution >= 0.6 is 0 Å². The van der Waals surface area contributed by atoms with Gasteiger partial charge in [0.2, 0.25) is 0 Å². The highest BCUT2D eigenvalue weighted by molar-refractivity contribution is 5.79. The van der Waals surface area contributed by atoms with Crippen LogP contribution in [0.2, 0.25) is 0 Å². The van der Waals surface area contributed by atoms with Crippen LogP contribution in [-0.4, -0.2) is 70.8 Å². The minimum atomic E-state index is 0.725. The third kappa shape index (κ3) is 5.61. The van der Waals surface area contributed by atoms with Crippen molar-refractivity contribution in [3.05, 3.63) is 53.1 Å². The van der Waals surface area contributed by atoms with Crippen molar-refractivity contribution in [2.45, 2.75) is 19.5 Å². The van der Waals surface area contributed by atoms with E-state index in [1.807, 2.05) is 32.3 Å². The number of rotatable bonds is 8. The molecule has 7 nitrogen and oxygen atoms in total. The number of nitrogens with one attached hydrogen (secondary N) is 1. The molecular formula is C24H34N4O3. The highest BCUT2D eigenvalue weighted by Crippen LogP contribution is 2.33. The molecule has 0 amide bonds. The molecule has 0 spiro atoms. The van der Waals surface area contributed by atoms with Gasteiger partial charge in [0.05, 0.1) is 21.3 Å². The molecule has 2 aromatic carbocycles. The first kappa shape index (κ1) is 22.7. The number of benzene rings is 2. The van der Waals surface area contributed by atoms with Crippen LogP contribution in [0.1, 0.15) is 16.7 Å². The zero-order valence-corrected chi connectivity index (χ0v) is 19.3. The summed E-state index contributed by atoms with van der Waals surface area (Å²) in [5.41, 5.74) is 3.78. The quantitative estimate of drug-likeness (QED) is 0.518. The maximum absolute atomic E-state index is 5.47. The van der Waals surface area contributed by atoms with Crippen LogP contribution in [0.4, 0.5) is 0 Å². The highest BCUT2D eigenvalue weighted by atomic mass is 16.5. The summed E-state index contributed by atoms with van der Waals surface area (Å²) in [7, 11) is 8.93. The lowest BCUT2D eigenvalue weighted by molar-refractivity contribution is 0.255. The van der Waals surface area contributed by atoms with Crippen molar-refractivity contribution in [3.8, 4) is 17.2 Å². The van der Waals surface area contributed by atoms with E-state index in [-0.39, 0.29) is 0 Å². The molecule has 1 aliphatic heterocycles. The van der Waals surface area contributed by atoms with E-state index in [1.165, 1.54) is 11.1 Å². The van der Waals surface area contributed by atoms with Gasteiger partial charge in [0, 0.05) is 52.4 Å². The van der Waals surface area contributed by atoms with Gasteiger partial charge < -0.3 is 24.4 Å². The Hall–Kier alpha value is -2.93. The summed E-state index contributed by atoms with van der Waals surface area (Å²) in [5, 5.41) is 3.49. The smallest absolute Gasteiger partial charge is 0.193 e. The van der Waals surface area contributed by atoms with E-state index in [9.17, 15) is 0 Å². The molecule has 1 N–H and O–H groups in total. The molecule has 0 fully saturated rings. The van der Waals surface area contributed by atoms with E-state index in [1.54, 1.807) is 21.3 Å². The second-order valence-corrected chi connectivity index (χ2v) is 7.64. The Balaban J connectivity index is 1.53. The molecule has 2 aromatic rings. The number of ether oxygens (including phenoxy) is 3. The standard InChI is InChI=1S/C24H34N4O3/c1-25-24(27(2)16-19-8-6-7-9-21(19)29-3)26-11-13-28-12-10-18-14-22(30-4)23(31-5)15-20(18)17-28/h6-9,14-15H,10-13,16-17H2,1-5H3,(H,25,26). The molecular weight excluding hydrogens is 392 g/mol. The van der Waals surface area contributed by atoms with Crippen LogP contribution in [0.25, 0.3) is 0 Å². The minimum absolute atomic E-state index is 0.725. The van der Waals surface area contributed by atoms with Crippen molar-refractivity contribution < 1.29 is 14.2 Å². The Morgan fingerprint density at radius 1 is 1.03 bits per heavy atom. The second kappa shape index (κ2) is 10.9. The van der Waals surface area contributed by atoms with Crippen LogP contribution in [0.5, 0.6) is 17.2 Å². The molecule has 0 saturated heterocycles. The molecule has 0 saturated carbocycles. The van der Waals surface area contributed by atoms with Crippen molar-refractivity contribution in [3.63, 3.8) is 0 Å². The summed E-state index contributed by atoms with van der Waals surface area (Å²) in [6, 6.07) is 12.3. The Labute approximate surface area is 185 Å². The normalized spacial score (nSPS) is 14.0. The average Bonchev–Trinajstić information content (AvgIpc) is 2.81. The molecule has 0 unspecified atom stereocenters. The van der Waals surface area contributed by atoms with Crippen molar-refractivity contribution in [2.75, 3.05) is 55.1 Å². The fourth-order valence-electron chi connectivity index (χ4n) is 4.01. The van der Waals surface area contributed by atoms with E-state index >= 15 is 0 Å². The zero-order valence-electron chi connectivity index (χ0n) is 19.3. The van der Waals surface area contributed by atoms with Gasteiger partial charge in [-0.3, -0.25) is 9.89 Å². The maximum atomic E-state index is 5.47. The van der Waals surface area contributed by atoms with Crippen LogP contribution in [0, 0.1) is 0 Å². The highest BCUT2D eigenvalue weighted by Gasteiger charge is 2.19. The van der Waals surface area contributed by atoms with E-state index in [0.717, 1.165) is 67.9 Å². The number of fused-ring (bicyclic) bond motifs is 1. The molecule has 0 atom stereocenters. The average molecular weight is 427 g/mol. The molecule has 168 valence electrons. The van der Waals surface area contributed by atoms with Gasteiger partial charge in [-0.1, -0.05) is 18.2 Å². The minimum Gasteiger partial charge on any atom is -0.496 e. The predicted octanol–water partition coefficient (Wildman–Crippen LogP) is 2.78. The lowest BCUT2D eigenvalue weighted by atomic mass is 9.99. The van der Waals surface area contributed by atoms with Crippen molar-refractivity contribution >= 4 is 5.96 Å². The first-order valence-corrected chi connectivity index (χ1v) is 10.6. The molecule has 0 aliphatic carbocycles. The summed E-state index contributed by atoms with van der Waals surface area (Å²) < 4.78 is 16.4. The van der Waals surface area contributed by atoms with Gasteiger partial charge >= 0.3 is 0 Å². The lowest BCUT2D eigenvalue weighted by Gasteiger charge is -2.30. The van der Waals surface area contributed by atoms with Crippen LogP contribution in [0.3, 0.4) is 0 Å². The van der Waals surface area contributed by atoms with E-state index in [4.69, 9.17) is 14.2 Å². The maximum Gasteiger partial charge on any atom is 0.193 e. The number of hydrogen-bond acceptors (Lipinski definition) is 5. The Kier molecular flexibility index (Phi) is 8.00. The number of nitrogens with zero attached hydrogens (tertiary/aromatic N) is 3. The predicted molar refractivity (Wildman–Crippen MR) is 124 cm³/mol. The molecule has 3 rings (SSSR count). The van der Waals surface area contributed by atoms with E-state index in [0.29, 0.717) is 0 Å². The second-order valence-electron chi connectivity index (χ2n) is 7.64. The van der Waals surface area contributed by atoms with Gasteiger partial charge in [0.15, 0.2) is 17.5 Å². The number of para-hydroxylation sites is 1. The molecule has 0 radical (unpaired) electrons. The Morgan fingerprint density at radius 3 is 2.39 bits per heavy atom. The van der Waals surface area contributed by atoms with Gasteiger partial charge in [-0.2, -0.15) is 0 Å². The first-order valence-electron chi connectivity index (χ1n) is 10.6. The fourth-order valence-corrected chi connectivity index (χ4v) is 4.01. The van der Waals surface area contributed by atoms with Crippen LogP contribution in [-0.2, 0) is 19.5 Å². The van der Waals surface area contributed by atoms with Gasteiger partial charge in [-0.05, 0) is 35.7 Å². The van der Waals surface area contributed by atoms with Crippen molar-refractivity contribution in [2.24, 2.45) is 4.99 Å². The lowest BCUT2D eigenvalue weighted by Crippen LogP contribution is -2.43. The summed E-state index contributed by atoms with van der Waals surface area (Å²) in [5.74, 6) is 3.36. The third-order valence-corrected chi connectivity index (χ3v) is 5.68. The first-order chi connectivity index (χ1) is 15.1. The van der Waals surface area contributed by atoms with Gasteiger partial charge in [0.1, 0.15) is 5.75 Å². The molecule has 31 heavy (non-hydrogen) atoms. The summed E-state index contributed by atoms with van der Waals surface area (Å²) in [4.78, 5) is 9.01. The van der Waals surface area contributed by atoms with Crippen LogP contribution < -0.4 is 19.5 Å². The fraction of sp³-hybridized carbons (Fsp3) is 0.458. The molecule has 1 aliphatic rings. The number of methoxy groups -OCH3 is 3. The molecule has 7 heteroatoms. The van der Waals surface area contributed by atoms with Crippen molar-refractivity contribution in [1.82, 2.24) is 15.1 Å². The number of aliphatic imine (C=N–C) groups is 1. The van der Waals surface area contributed by atoms with E-state index < -0.39 is 0 Å². The summed E-state index contributed by atoms with van der Waals surface area (Å²) in [6.45, 7) is 4.43. The van der Waals surface area contributed by atoms with Gasteiger partial charge in [-0.25, -0.2) is 0 Å². The van der Waals surface area contributed by atoms with Crippen LogP contribution in [0.15, 0.2) is 41.4 Å². The monoisotopic (exact) mass is 426 g/mol. The number of guanidine groups is 1. The Bertz CT molecular complexity index is 900.